The van der Waals surface area contributed by atoms with Crippen LogP contribution in [-0.2, 0) is 0 Å². The van der Waals surface area contributed by atoms with Gasteiger partial charge in [0.05, 0.1) is 27.5 Å². The van der Waals surface area contributed by atoms with E-state index in [4.69, 9.17) is 16.9 Å². The summed E-state index contributed by atoms with van der Waals surface area (Å²) in [5.74, 6) is 0. The molecular formula is C21H26N6O. The molecule has 1 heterocycles. The van der Waals surface area contributed by atoms with Crippen molar-refractivity contribution in [1.82, 2.24) is 9.47 Å². The Morgan fingerprint density at radius 3 is 2.54 bits per heavy atom. The number of nitrogens with one attached hydrogen (secondary N) is 2. The van der Waals surface area contributed by atoms with Gasteiger partial charge in [-0.25, -0.2) is 0 Å². The monoisotopic (exact) mass is 378 g/mol. The van der Waals surface area contributed by atoms with Gasteiger partial charge in [0.1, 0.15) is 0 Å². The molecule has 0 aliphatic carbocycles. The molecule has 0 saturated heterocycles. The quantitative estimate of drug-likeness (QED) is 0.218. The van der Waals surface area contributed by atoms with Gasteiger partial charge in [0.2, 0.25) is 0 Å². The van der Waals surface area contributed by atoms with E-state index in [-0.39, 0.29) is 5.43 Å². The Hall–Kier alpha value is -3.32. The van der Waals surface area contributed by atoms with E-state index in [0.717, 1.165) is 25.7 Å². The van der Waals surface area contributed by atoms with Crippen LogP contribution in [0.5, 0.6) is 0 Å². The highest BCUT2D eigenvalue weighted by Crippen LogP contribution is 2.31. The van der Waals surface area contributed by atoms with Crippen LogP contribution in [0.15, 0.2) is 35.6 Å². The van der Waals surface area contributed by atoms with E-state index < -0.39 is 0 Å². The normalized spacial score (nSPS) is 11.2. The molecule has 0 saturated carbocycles. The minimum Gasteiger partial charge on any atom is -0.398 e. The van der Waals surface area contributed by atoms with Crippen LogP contribution in [-0.4, -0.2) is 42.9 Å². The number of hydrogen-bond donors (Lipinski definition) is 4. The highest BCUT2D eigenvalue weighted by atomic mass is 16.1. The van der Waals surface area contributed by atoms with Gasteiger partial charge in [0.15, 0.2) is 5.43 Å². The summed E-state index contributed by atoms with van der Waals surface area (Å²) in [6.45, 7) is 5.55. The van der Waals surface area contributed by atoms with Crippen LogP contribution in [0.1, 0.15) is 12.0 Å². The number of pyridine rings is 1. The van der Waals surface area contributed by atoms with Gasteiger partial charge in [-0.1, -0.05) is 6.58 Å². The second-order valence-corrected chi connectivity index (χ2v) is 7.00. The van der Waals surface area contributed by atoms with Gasteiger partial charge in [-0.2, -0.15) is 0 Å². The number of rotatable bonds is 7. The number of anilines is 3. The summed E-state index contributed by atoms with van der Waals surface area (Å²) in [7, 11) is 4.05. The van der Waals surface area contributed by atoms with Crippen LogP contribution in [0.3, 0.4) is 0 Å². The Bertz CT molecular complexity index is 1130. The van der Waals surface area contributed by atoms with Crippen LogP contribution in [0, 0.1) is 5.41 Å². The third-order valence-corrected chi connectivity index (χ3v) is 4.85. The van der Waals surface area contributed by atoms with Crippen LogP contribution >= 0.6 is 0 Å². The molecule has 0 amide bonds. The van der Waals surface area contributed by atoms with Gasteiger partial charge in [-0.05, 0) is 51.3 Å². The molecule has 146 valence electrons. The van der Waals surface area contributed by atoms with Gasteiger partial charge < -0.3 is 31.7 Å². The SMILES string of the molecule is C=Cn1c2ccc(N)c(C=N)c2c(=O)c2c(NCCCN(C)C)ccc(N)c21. The zero-order chi connectivity index (χ0) is 20.4. The van der Waals surface area contributed by atoms with Crippen LogP contribution in [0.25, 0.3) is 28.0 Å². The molecule has 0 fully saturated rings. The first-order chi connectivity index (χ1) is 13.4. The molecule has 0 aliphatic heterocycles. The van der Waals surface area contributed by atoms with Crippen molar-refractivity contribution in [2.24, 2.45) is 0 Å². The average molecular weight is 378 g/mol. The predicted octanol–water partition coefficient (Wildman–Crippen LogP) is 2.78. The Kier molecular flexibility index (Phi) is 5.37. The fraction of sp³-hybridized carbons (Fsp3) is 0.238. The van der Waals surface area contributed by atoms with E-state index >= 15 is 0 Å². The maximum Gasteiger partial charge on any atom is 0.200 e. The first-order valence-corrected chi connectivity index (χ1v) is 9.11. The summed E-state index contributed by atoms with van der Waals surface area (Å²) in [5.41, 5.74) is 15.3. The molecule has 7 heteroatoms. The maximum absolute atomic E-state index is 13.5. The van der Waals surface area contributed by atoms with Crippen molar-refractivity contribution in [3.63, 3.8) is 0 Å². The van der Waals surface area contributed by atoms with Gasteiger partial charge in [-0.15, -0.1) is 0 Å². The van der Waals surface area contributed by atoms with Crippen molar-refractivity contribution >= 4 is 51.3 Å². The van der Waals surface area contributed by atoms with Crippen LogP contribution < -0.4 is 22.2 Å². The molecule has 0 aliphatic rings. The lowest BCUT2D eigenvalue weighted by molar-refractivity contribution is 0.405. The smallest absolute Gasteiger partial charge is 0.200 e. The first-order valence-electron chi connectivity index (χ1n) is 9.11. The first kappa shape index (κ1) is 19.4. The van der Waals surface area contributed by atoms with Crippen LogP contribution in [0.4, 0.5) is 17.1 Å². The molecule has 6 N–H and O–H groups in total. The Balaban J connectivity index is 2.33. The minimum absolute atomic E-state index is 0.198. The third-order valence-electron chi connectivity index (χ3n) is 4.85. The molecule has 28 heavy (non-hydrogen) atoms. The number of nitrogens with two attached hydrogens (primary N) is 2. The molecular weight excluding hydrogens is 352 g/mol. The molecule has 2 aromatic carbocycles. The second kappa shape index (κ2) is 7.74. The largest absolute Gasteiger partial charge is 0.398 e. The van der Waals surface area contributed by atoms with Gasteiger partial charge in [0, 0.05) is 35.9 Å². The molecule has 3 aromatic rings. The van der Waals surface area contributed by atoms with E-state index in [1.165, 1.54) is 0 Å². The lowest BCUT2D eigenvalue weighted by Gasteiger charge is -2.18. The van der Waals surface area contributed by atoms with Crippen molar-refractivity contribution < 1.29 is 0 Å². The fourth-order valence-electron chi connectivity index (χ4n) is 3.52. The lowest BCUT2D eigenvalue weighted by Crippen LogP contribution is -2.18. The van der Waals surface area contributed by atoms with Crippen LogP contribution in [0.2, 0.25) is 0 Å². The van der Waals surface area contributed by atoms with Crippen molar-refractivity contribution in [2.75, 3.05) is 44.0 Å². The number of nitrogens with zero attached hydrogens (tertiary/aromatic N) is 2. The summed E-state index contributed by atoms with van der Waals surface area (Å²) in [4.78, 5) is 15.6. The zero-order valence-electron chi connectivity index (χ0n) is 16.2. The van der Waals surface area contributed by atoms with E-state index in [9.17, 15) is 4.79 Å². The number of nitrogen functional groups attached to an aromatic ring is 2. The molecule has 0 atom stereocenters. The van der Waals surface area contributed by atoms with E-state index in [1.54, 1.807) is 29.0 Å². The number of hydrogen-bond acceptors (Lipinski definition) is 6. The average Bonchev–Trinajstić information content (AvgIpc) is 2.67. The summed E-state index contributed by atoms with van der Waals surface area (Å²) in [6, 6.07) is 7.06. The Morgan fingerprint density at radius 2 is 1.89 bits per heavy atom. The van der Waals surface area contributed by atoms with Gasteiger partial charge in [0.25, 0.3) is 0 Å². The number of aromatic nitrogens is 1. The molecule has 0 bridgehead atoms. The van der Waals surface area contributed by atoms with E-state index in [0.29, 0.717) is 44.4 Å². The molecule has 7 nitrogen and oxygen atoms in total. The highest BCUT2D eigenvalue weighted by molar-refractivity contribution is 6.11. The second-order valence-electron chi connectivity index (χ2n) is 7.00. The van der Waals surface area contributed by atoms with Crippen molar-refractivity contribution in [1.29, 1.82) is 5.41 Å². The van der Waals surface area contributed by atoms with Gasteiger partial charge in [-0.3, -0.25) is 4.79 Å². The highest BCUT2D eigenvalue weighted by Gasteiger charge is 2.18. The number of fused-ring (bicyclic) bond motifs is 2. The van der Waals surface area contributed by atoms with E-state index in [1.807, 2.05) is 20.2 Å². The van der Waals surface area contributed by atoms with Crippen molar-refractivity contribution in [3.05, 3.63) is 46.6 Å². The molecule has 3 rings (SSSR count). The standard InChI is InChI=1S/C21H26N6O/c1-4-27-17-9-7-14(23)13(12-22)18(17)21(28)19-16(8-6-15(24)20(19)27)25-10-5-11-26(2)3/h4,6-9,12,22,25H,1,5,10-11,23-24H2,2-3H3. The molecule has 1 aromatic heterocycles. The summed E-state index contributed by atoms with van der Waals surface area (Å²) < 4.78 is 1.79. The lowest BCUT2D eigenvalue weighted by atomic mass is 10.0. The van der Waals surface area contributed by atoms with Gasteiger partial charge >= 0.3 is 0 Å². The minimum atomic E-state index is -0.198. The topological polar surface area (TPSA) is 113 Å². The van der Waals surface area contributed by atoms with E-state index in [2.05, 4.69) is 16.8 Å². The van der Waals surface area contributed by atoms with Crippen molar-refractivity contribution in [3.8, 4) is 0 Å². The maximum atomic E-state index is 13.5. The Morgan fingerprint density at radius 1 is 1.18 bits per heavy atom. The summed E-state index contributed by atoms with van der Waals surface area (Å²) >= 11 is 0. The molecule has 0 unspecified atom stereocenters. The predicted molar refractivity (Wildman–Crippen MR) is 120 cm³/mol. The number of benzene rings is 2. The summed E-state index contributed by atoms with van der Waals surface area (Å²) in [6.07, 6.45) is 3.68. The molecule has 0 spiro atoms. The molecule has 0 radical (unpaired) electrons. The zero-order valence-corrected chi connectivity index (χ0v) is 16.2. The van der Waals surface area contributed by atoms with Crippen molar-refractivity contribution in [2.45, 2.75) is 6.42 Å². The summed E-state index contributed by atoms with van der Waals surface area (Å²) in [5, 5.41) is 12.0. The fourth-order valence-corrected chi connectivity index (χ4v) is 3.52. The third kappa shape index (κ3) is 3.20. The Labute approximate surface area is 163 Å².